The highest BCUT2D eigenvalue weighted by molar-refractivity contribution is 7.71. The zero-order valence-electron chi connectivity index (χ0n) is 15.1. The van der Waals surface area contributed by atoms with Crippen molar-refractivity contribution in [3.05, 3.63) is 40.4 Å². The molecule has 0 aliphatic carbocycles. The summed E-state index contributed by atoms with van der Waals surface area (Å²) in [5.74, 6) is 1.16. The molecule has 1 unspecified atom stereocenters. The highest BCUT2D eigenvalue weighted by Gasteiger charge is 2.15. The van der Waals surface area contributed by atoms with Crippen molar-refractivity contribution >= 4 is 18.2 Å². The van der Waals surface area contributed by atoms with Crippen molar-refractivity contribution in [3.8, 4) is 5.75 Å². The minimum absolute atomic E-state index is 0.124. The van der Waals surface area contributed by atoms with Crippen LogP contribution >= 0.6 is 12.2 Å². The van der Waals surface area contributed by atoms with E-state index in [2.05, 4.69) is 12.1 Å². The normalized spacial score (nSPS) is 12.0. The minimum Gasteiger partial charge on any atom is -0.497 e. The van der Waals surface area contributed by atoms with Gasteiger partial charge in [0.05, 0.1) is 20.8 Å². The molecule has 8 heteroatoms. The topological polar surface area (TPSA) is 62.7 Å². The first-order valence-electron chi connectivity index (χ1n) is 8.17. The first-order chi connectivity index (χ1) is 11.9. The van der Waals surface area contributed by atoms with Crippen LogP contribution < -0.4 is 9.64 Å². The quantitative estimate of drug-likeness (QED) is 0.552. The summed E-state index contributed by atoms with van der Waals surface area (Å²) in [6.45, 7) is 3.59. The Morgan fingerprint density at radius 1 is 1.32 bits per heavy atom. The Kier molecular flexibility index (Phi) is 6.72. The molecular weight excluding hydrogens is 340 g/mol. The number of rotatable bonds is 8. The second-order valence-electron chi connectivity index (χ2n) is 5.88. The molecule has 25 heavy (non-hydrogen) atoms. The van der Waals surface area contributed by atoms with Crippen LogP contribution in [0.4, 0.5) is 0 Å². The third-order valence-electron chi connectivity index (χ3n) is 3.82. The summed E-state index contributed by atoms with van der Waals surface area (Å²) in [7, 11) is 5.55. The molecule has 0 aliphatic rings. The molecule has 0 saturated carbocycles. The summed E-state index contributed by atoms with van der Waals surface area (Å²) in [5.41, 5.74) is 1.20. The minimum atomic E-state index is -0.295. The fourth-order valence-corrected chi connectivity index (χ4v) is 2.74. The summed E-state index contributed by atoms with van der Waals surface area (Å²) in [4.78, 5) is 12.9. The smallest absolute Gasteiger partial charge is 0.313 e. The molecule has 2 rings (SSSR count). The van der Waals surface area contributed by atoms with Crippen LogP contribution in [0.5, 0.6) is 5.75 Å². The van der Waals surface area contributed by atoms with E-state index in [1.807, 2.05) is 31.3 Å². The molecule has 0 aliphatic heterocycles. The van der Waals surface area contributed by atoms with Gasteiger partial charge in [-0.1, -0.05) is 0 Å². The summed E-state index contributed by atoms with van der Waals surface area (Å²) in [6.07, 6.45) is 0.124. The number of ether oxygens (including phenoxy) is 2. The molecule has 2 aromatic rings. The van der Waals surface area contributed by atoms with E-state index in [1.165, 1.54) is 10.5 Å². The van der Waals surface area contributed by atoms with Gasteiger partial charge in [0, 0.05) is 12.6 Å². The van der Waals surface area contributed by atoms with E-state index in [4.69, 9.17) is 21.7 Å². The Hall–Kier alpha value is -2.19. The number of nitrogens with one attached hydrogen (secondary N) is 1. The largest absolute Gasteiger partial charge is 0.497 e. The predicted molar refractivity (Wildman–Crippen MR) is 96.0 cm³/mol. The highest BCUT2D eigenvalue weighted by Crippen LogP contribution is 2.10. The number of methoxy groups -OCH3 is 1. The lowest BCUT2D eigenvalue weighted by Crippen LogP contribution is -3.07. The van der Waals surface area contributed by atoms with Crippen molar-refractivity contribution in [1.82, 2.24) is 14.3 Å². The van der Waals surface area contributed by atoms with Crippen molar-refractivity contribution in [3.63, 3.8) is 0 Å². The van der Waals surface area contributed by atoms with Gasteiger partial charge in [0.1, 0.15) is 24.5 Å². The number of hydrogen-bond donors (Lipinski definition) is 1. The van der Waals surface area contributed by atoms with Gasteiger partial charge in [-0.2, -0.15) is 9.78 Å². The highest BCUT2D eigenvalue weighted by atomic mass is 32.1. The first-order valence-corrected chi connectivity index (χ1v) is 8.58. The summed E-state index contributed by atoms with van der Waals surface area (Å²) < 4.78 is 14.3. The van der Waals surface area contributed by atoms with Crippen molar-refractivity contribution in [1.29, 1.82) is 0 Å². The van der Waals surface area contributed by atoms with Gasteiger partial charge >= 0.3 is 5.97 Å². The van der Waals surface area contributed by atoms with E-state index in [9.17, 15) is 4.79 Å². The second kappa shape index (κ2) is 8.77. The number of benzene rings is 1. The number of quaternary nitrogens is 1. The van der Waals surface area contributed by atoms with Crippen LogP contribution in [0.25, 0.3) is 0 Å². The second-order valence-corrected chi connectivity index (χ2v) is 6.24. The summed E-state index contributed by atoms with van der Waals surface area (Å²) in [6, 6.07) is 8.00. The van der Waals surface area contributed by atoms with Crippen LogP contribution in [0.1, 0.15) is 18.3 Å². The molecular formula is C17H25N4O3S+. The molecule has 0 saturated heterocycles. The standard InChI is InChI=1S/C17H24N4O3S/c1-5-24-16(22)10-15-18-21(17(25)20(15)3)12-19(2)11-13-6-8-14(23-4)9-7-13/h6-9H,5,10-12H2,1-4H3/p+1. The molecule has 1 heterocycles. The van der Waals surface area contributed by atoms with Crippen LogP contribution in [0.15, 0.2) is 24.3 Å². The average molecular weight is 365 g/mol. The Morgan fingerprint density at radius 2 is 2.00 bits per heavy atom. The first kappa shape index (κ1) is 19.1. The monoisotopic (exact) mass is 365 g/mol. The van der Waals surface area contributed by atoms with Crippen LogP contribution in [0, 0.1) is 4.77 Å². The van der Waals surface area contributed by atoms with Gasteiger partial charge in [0.25, 0.3) is 0 Å². The van der Waals surface area contributed by atoms with Crippen LogP contribution in [0.2, 0.25) is 0 Å². The number of nitrogens with zero attached hydrogens (tertiary/aromatic N) is 3. The molecule has 1 N–H and O–H groups in total. The lowest BCUT2D eigenvalue weighted by atomic mass is 10.2. The van der Waals surface area contributed by atoms with Crippen LogP contribution in [0.3, 0.4) is 0 Å². The van der Waals surface area contributed by atoms with Gasteiger partial charge in [-0.05, 0) is 43.4 Å². The molecule has 1 aromatic heterocycles. The van der Waals surface area contributed by atoms with E-state index >= 15 is 0 Å². The van der Waals surface area contributed by atoms with Crippen LogP contribution in [-0.2, 0) is 36.2 Å². The Labute approximate surface area is 152 Å². The third-order valence-corrected chi connectivity index (χ3v) is 4.31. The van der Waals surface area contributed by atoms with Crippen molar-refractivity contribution in [2.45, 2.75) is 26.6 Å². The van der Waals surface area contributed by atoms with Gasteiger partial charge in [-0.3, -0.25) is 4.79 Å². The fraction of sp³-hybridized carbons (Fsp3) is 0.471. The van der Waals surface area contributed by atoms with Crippen molar-refractivity contribution < 1.29 is 19.2 Å². The number of carbonyl (C=O) groups excluding carboxylic acids is 1. The number of esters is 1. The zero-order valence-corrected chi connectivity index (χ0v) is 15.9. The maximum absolute atomic E-state index is 11.7. The van der Waals surface area contributed by atoms with E-state index in [0.29, 0.717) is 23.9 Å². The van der Waals surface area contributed by atoms with Gasteiger partial charge in [0.15, 0.2) is 6.67 Å². The molecule has 0 fully saturated rings. The summed E-state index contributed by atoms with van der Waals surface area (Å²) >= 11 is 5.43. The SMILES string of the molecule is CCOC(=O)Cc1nn(C[NH+](C)Cc2ccc(OC)cc2)c(=S)n1C. The molecule has 7 nitrogen and oxygen atoms in total. The van der Waals surface area contributed by atoms with Gasteiger partial charge in [-0.25, -0.2) is 0 Å². The number of carbonyl (C=O) groups is 1. The third kappa shape index (κ3) is 5.14. The molecule has 0 amide bonds. The zero-order chi connectivity index (χ0) is 18.4. The lowest BCUT2D eigenvalue weighted by molar-refractivity contribution is -0.917. The van der Waals surface area contributed by atoms with Crippen molar-refractivity contribution in [2.75, 3.05) is 20.8 Å². The van der Waals surface area contributed by atoms with E-state index < -0.39 is 0 Å². The Balaban J connectivity index is 2.03. The molecule has 0 bridgehead atoms. The Morgan fingerprint density at radius 3 is 2.60 bits per heavy atom. The number of aromatic nitrogens is 3. The Bertz CT molecular complexity index is 767. The lowest BCUT2D eigenvalue weighted by Gasteiger charge is -2.14. The van der Waals surface area contributed by atoms with Crippen molar-refractivity contribution in [2.24, 2.45) is 7.05 Å². The molecule has 0 radical (unpaired) electrons. The van der Waals surface area contributed by atoms with Crippen LogP contribution in [-0.4, -0.2) is 41.1 Å². The average Bonchev–Trinajstić information content (AvgIpc) is 2.83. The van der Waals surface area contributed by atoms with Gasteiger partial charge in [0.2, 0.25) is 4.77 Å². The molecule has 1 aromatic carbocycles. The predicted octanol–water partition coefficient (Wildman–Crippen LogP) is 0.738. The maximum atomic E-state index is 11.7. The molecule has 0 spiro atoms. The molecule has 1 atom stereocenters. The van der Waals surface area contributed by atoms with E-state index in [1.54, 1.807) is 23.3 Å². The molecule has 136 valence electrons. The fourth-order valence-electron chi connectivity index (χ4n) is 2.53. The van der Waals surface area contributed by atoms with E-state index in [-0.39, 0.29) is 12.4 Å². The van der Waals surface area contributed by atoms with Gasteiger partial charge < -0.3 is 18.9 Å². The maximum Gasteiger partial charge on any atom is 0.313 e. The number of hydrogen-bond acceptors (Lipinski definition) is 5. The van der Waals surface area contributed by atoms with Gasteiger partial charge in [-0.15, -0.1) is 0 Å². The summed E-state index contributed by atoms with van der Waals surface area (Å²) in [5, 5.41) is 4.47. The van der Waals surface area contributed by atoms with E-state index in [0.717, 1.165) is 12.3 Å².